The molecule has 45 heavy (non-hydrogen) atoms. The normalized spacial score (nSPS) is 14.6. The molecule has 6 rings (SSSR count). The fourth-order valence-electron chi connectivity index (χ4n) is 5.06. The number of ether oxygens (including phenoxy) is 1. The van der Waals surface area contributed by atoms with Crippen LogP contribution >= 0.6 is 39.0 Å². The summed E-state index contributed by atoms with van der Waals surface area (Å²) in [5.41, 5.74) is 2.45. The van der Waals surface area contributed by atoms with Crippen LogP contribution < -0.4 is 14.9 Å². The molecule has 0 amide bonds. The van der Waals surface area contributed by atoms with Crippen LogP contribution in [-0.2, 0) is 9.53 Å². The highest BCUT2D eigenvalue weighted by molar-refractivity contribution is 9.10. The molecule has 2 aromatic heterocycles. The van der Waals surface area contributed by atoms with Crippen LogP contribution in [0.3, 0.4) is 0 Å². The summed E-state index contributed by atoms with van der Waals surface area (Å²) >= 11 is 6.18. The summed E-state index contributed by atoms with van der Waals surface area (Å²) in [6.07, 6.45) is 3.62. The van der Waals surface area contributed by atoms with Gasteiger partial charge in [0.05, 0.1) is 33.4 Å². The van der Waals surface area contributed by atoms with E-state index in [1.807, 2.05) is 60.9 Å². The van der Waals surface area contributed by atoms with Crippen LogP contribution in [0, 0.1) is 10.1 Å². The zero-order valence-electron chi connectivity index (χ0n) is 23.9. The quantitative estimate of drug-likeness (QED) is 0.0776. The van der Waals surface area contributed by atoms with Crippen molar-refractivity contribution in [3.05, 3.63) is 142 Å². The summed E-state index contributed by atoms with van der Waals surface area (Å²) < 4.78 is 14.0. The van der Waals surface area contributed by atoms with Gasteiger partial charge in [-0.3, -0.25) is 19.5 Å². The van der Waals surface area contributed by atoms with Gasteiger partial charge in [0, 0.05) is 38.7 Å². The molecule has 0 bridgehead atoms. The molecule has 1 atom stereocenters. The van der Waals surface area contributed by atoms with E-state index in [0.29, 0.717) is 36.6 Å². The number of esters is 1. The number of thiazole rings is 1. The van der Waals surface area contributed by atoms with Gasteiger partial charge in [0.2, 0.25) is 0 Å². The average Bonchev–Trinajstić information content (AvgIpc) is 3.64. The molecule has 3 aromatic carbocycles. The molecule has 9 nitrogen and oxygen atoms in total. The lowest BCUT2D eigenvalue weighted by Gasteiger charge is -2.26. The van der Waals surface area contributed by atoms with Crippen LogP contribution in [-0.4, -0.2) is 28.3 Å². The molecular formula is C33H24BrN3O6S2. The summed E-state index contributed by atoms with van der Waals surface area (Å²) in [6, 6.07) is 24.2. The van der Waals surface area contributed by atoms with Crippen molar-refractivity contribution in [1.29, 1.82) is 0 Å². The van der Waals surface area contributed by atoms with Crippen molar-refractivity contribution in [1.82, 2.24) is 4.57 Å². The second kappa shape index (κ2) is 12.8. The largest absolute Gasteiger partial charge is 0.463 e. The predicted molar refractivity (Wildman–Crippen MR) is 178 cm³/mol. The Balaban J connectivity index is 1.52. The zero-order valence-corrected chi connectivity index (χ0v) is 27.1. The third-order valence-corrected chi connectivity index (χ3v) is 9.52. The molecule has 0 saturated heterocycles. The first-order chi connectivity index (χ1) is 21.8. The molecule has 12 heteroatoms. The molecule has 0 N–H and O–H groups in total. The van der Waals surface area contributed by atoms with E-state index in [2.05, 4.69) is 15.9 Å². The first kappa shape index (κ1) is 30.5. The summed E-state index contributed by atoms with van der Waals surface area (Å²) in [5, 5.41) is 11.1. The standard InChI is InChI=1S/C33H24BrN3O6S2/c1-3-42-32(39)28-29(19-7-5-4-6-8-19)35-33-36(30(28)20-9-13-23(44-2)14-10-20)31(38)27(45-33)18-22-12-16-26(43-22)24-15-11-21(37(40)41)17-25(24)34/h4-18,30H,3H2,1-2H3/b27-18-/t30-/m0/s1. The molecule has 0 saturated carbocycles. The minimum absolute atomic E-state index is 0.0479. The van der Waals surface area contributed by atoms with Crippen molar-refractivity contribution in [3.8, 4) is 11.3 Å². The second-order valence-electron chi connectivity index (χ2n) is 9.83. The summed E-state index contributed by atoms with van der Waals surface area (Å²) in [5.74, 6) is 0.338. The van der Waals surface area contributed by atoms with Crippen LogP contribution in [0.25, 0.3) is 23.1 Å². The minimum Gasteiger partial charge on any atom is -0.463 e. The molecule has 5 aromatic rings. The Morgan fingerprint density at radius 2 is 1.89 bits per heavy atom. The van der Waals surface area contributed by atoms with Crippen LogP contribution in [0.2, 0.25) is 0 Å². The number of hydrogen-bond donors (Lipinski definition) is 0. The summed E-state index contributed by atoms with van der Waals surface area (Å²) in [6.45, 7) is 1.91. The molecular weight excluding hydrogens is 678 g/mol. The highest BCUT2D eigenvalue weighted by Crippen LogP contribution is 2.36. The van der Waals surface area contributed by atoms with E-state index in [1.54, 1.807) is 47.5 Å². The third kappa shape index (κ3) is 5.96. The number of fused-ring (bicyclic) bond motifs is 1. The van der Waals surface area contributed by atoms with Crippen molar-refractivity contribution >= 4 is 62.5 Å². The number of carbonyl (C=O) groups excluding carboxylic acids is 1. The number of nitro benzene ring substituents is 1. The number of hydrogen-bond acceptors (Lipinski definition) is 9. The Morgan fingerprint density at radius 3 is 2.56 bits per heavy atom. The number of furan rings is 1. The van der Waals surface area contributed by atoms with Crippen molar-refractivity contribution in [2.75, 3.05) is 12.9 Å². The number of nitrogens with zero attached hydrogens (tertiary/aromatic N) is 3. The van der Waals surface area contributed by atoms with Gasteiger partial charge in [-0.1, -0.05) is 53.8 Å². The SMILES string of the molecule is CCOC(=O)C1=C(c2ccccc2)N=c2s/c(=C\c3ccc(-c4ccc([N+](=O)[O-])cc4Br)o3)c(=O)n2[C@H]1c1ccc(SC)cc1. The Labute approximate surface area is 273 Å². The van der Waals surface area contributed by atoms with Gasteiger partial charge in [-0.25, -0.2) is 9.79 Å². The second-order valence-corrected chi connectivity index (χ2v) is 12.6. The Morgan fingerprint density at radius 1 is 1.13 bits per heavy atom. The van der Waals surface area contributed by atoms with E-state index in [4.69, 9.17) is 14.1 Å². The number of non-ortho nitro benzene ring substituents is 1. The zero-order chi connectivity index (χ0) is 31.7. The van der Waals surface area contributed by atoms with Crippen LogP contribution in [0.1, 0.15) is 29.9 Å². The third-order valence-electron chi connectivity index (χ3n) is 7.13. The van der Waals surface area contributed by atoms with Gasteiger partial charge in [-0.05, 0) is 65.0 Å². The van der Waals surface area contributed by atoms with Gasteiger partial charge in [0.15, 0.2) is 4.80 Å². The monoisotopic (exact) mass is 701 g/mol. The maximum Gasteiger partial charge on any atom is 0.338 e. The summed E-state index contributed by atoms with van der Waals surface area (Å²) in [7, 11) is 0. The number of aromatic nitrogens is 1. The molecule has 0 unspecified atom stereocenters. The fourth-order valence-corrected chi connectivity index (χ4v) is 7.02. The first-order valence-corrected chi connectivity index (χ1v) is 16.6. The Kier molecular flexibility index (Phi) is 8.70. The van der Waals surface area contributed by atoms with Crippen molar-refractivity contribution in [3.63, 3.8) is 0 Å². The number of nitro groups is 1. The molecule has 0 spiro atoms. The van der Waals surface area contributed by atoms with Gasteiger partial charge in [0.25, 0.3) is 11.2 Å². The minimum atomic E-state index is -0.781. The topological polar surface area (TPSA) is 117 Å². The molecule has 1 aliphatic rings. The number of carbonyl (C=O) groups is 1. The van der Waals surface area contributed by atoms with Gasteiger partial charge >= 0.3 is 5.97 Å². The van der Waals surface area contributed by atoms with Crippen LogP contribution in [0.4, 0.5) is 5.69 Å². The number of thioether (sulfide) groups is 1. The molecule has 0 fully saturated rings. The molecule has 226 valence electrons. The van der Waals surface area contributed by atoms with Gasteiger partial charge < -0.3 is 9.15 Å². The number of benzene rings is 3. The van der Waals surface area contributed by atoms with Crippen molar-refractivity contribution in [2.45, 2.75) is 17.9 Å². The fraction of sp³-hybridized carbons (Fsp3) is 0.121. The van der Waals surface area contributed by atoms with E-state index >= 15 is 0 Å². The highest BCUT2D eigenvalue weighted by Gasteiger charge is 2.35. The average molecular weight is 703 g/mol. The van der Waals surface area contributed by atoms with E-state index in [9.17, 15) is 19.7 Å². The molecule has 3 heterocycles. The maximum absolute atomic E-state index is 14.1. The summed E-state index contributed by atoms with van der Waals surface area (Å²) in [4.78, 5) is 44.7. The lowest BCUT2D eigenvalue weighted by atomic mass is 9.93. The van der Waals surface area contributed by atoms with Crippen molar-refractivity contribution < 1.29 is 18.9 Å². The number of rotatable bonds is 8. The van der Waals surface area contributed by atoms with Crippen LogP contribution in [0.5, 0.6) is 0 Å². The Bertz CT molecular complexity index is 2150. The smallest absolute Gasteiger partial charge is 0.338 e. The Hall–Kier alpha value is -4.52. The first-order valence-electron chi connectivity index (χ1n) is 13.8. The maximum atomic E-state index is 14.1. The molecule has 1 aliphatic heterocycles. The highest BCUT2D eigenvalue weighted by atomic mass is 79.9. The molecule has 0 aliphatic carbocycles. The van der Waals surface area contributed by atoms with Gasteiger partial charge in [-0.2, -0.15) is 0 Å². The van der Waals surface area contributed by atoms with Crippen LogP contribution in [0.15, 0.2) is 114 Å². The van der Waals surface area contributed by atoms with E-state index < -0.39 is 16.9 Å². The van der Waals surface area contributed by atoms with Gasteiger partial charge in [-0.15, -0.1) is 11.8 Å². The molecule has 0 radical (unpaired) electrons. The lowest BCUT2D eigenvalue weighted by Crippen LogP contribution is -2.40. The number of halogens is 1. The van der Waals surface area contributed by atoms with E-state index in [-0.39, 0.29) is 23.4 Å². The van der Waals surface area contributed by atoms with Crippen molar-refractivity contribution in [2.24, 2.45) is 4.99 Å². The predicted octanol–water partition coefficient (Wildman–Crippen LogP) is 6.59. The van der Waals surface area contributed by atoms with E-state index in [0.717, 1.165) is 16.0 Å². The van der Waals surface area contributed by atoms with E-state index in [1.165, 1.54) is 23.5 Å². The van der Waals surface area contributed by atoms with Gasteiger partial charge in [0.1, 0.15) is 11.5 Å². The lowest BCUT2D eigenvalue weighted by molar-refractivity contribution is -0.384.